The summed E-state index contributed by atoms with van der Waals surface area (Å²) >= 11 is 0. The highest BCUT2D eigenvalue weighted by atomic mass is 19.4. The number of carbonyl (C=O) groups excluding carboxylic acids is 1. The van der Waals surface area contributed by atoms with Gasteiger partial charge in [0.05, 0.1) is 12.0 Å². The molecule has 1 amide bonds. The highest BCUT2D eigenvalue weighted by Gasteiger charge is 2.42. The predicted molar refractivity (Wildman–Crippen MR) is 84.6 cm³/mol. The summed E-state index contributed by atoms with van der Waals surface area (Å²) in [4.78, 5) is 15.8. The van der Waals surface area contributed by atoms with Gasteiger partial charge in [0.1, 0.15) is 0 Å². The quantitative estimate of drug-likeness (QED) is 0.891. The van der Waals surface area contributed by atoms with E-state index in [2.05, 4.69) is 0 Å². The summed E-state index contributed by atoms with van der Waals surface area (Å²) in [6.45, 7) is 4.12. The summed E-state index contributed by atoms with van der Waals surface area (Å²) in [5.41, 5.74) is 0.117. The van der Waals surface area contributed by atoms with Gasteiger partial charge in [-0.15, -0.1) is 0 Å². The van der Waals surface area contributed by atoms with Gasteiger partial charge in [0.15, 0.2) is 0 Å². The molecule has 1 heterocycles. The zero-order valence-corrected chi connectivity index (χ0v) is 13.7. The van der Waals surface area contributed by atoms with Crippen LogP contribution in [0.4, 0.5) is 13.2 Å². The van der Waals surface area contributed by atoms with Crippen molar-refractivity contribution in [1.29, 1.82) is 0 Å². The van der Waals surface area contributed by atoms with Crippen molar-refractivity contribution in [3.63, 3.8) is 0 Å². The molecule has 24 heavy (non-hydrogen) atoms. The molecule has 0 spiro atoms. The molecule has 7 heteroatoms. The lowest BCUT2D eigenvalue weighted by Gasteiger charge is -2.36. The number of amides is 1. The second-order valence-corrected chi connectivity index (χ2v) is 6.24. The largest absolute Gasteiger partial charge is 0.396 e. The zero-order valence-electron chi connectivity index (χ0n) is 13.7. The molecule has 1 aliphatic heterocycles. The molecule has 1 aliphatic rings. The van der Waals surface area contributed by atoms with Crippen LogP contribution in [0.3, 0.4) is 0 Å². The third kappa shape index (κ3) is 5.21. The molecule has 0 aliphatic carbocycles. The van der Waals surface area contributed by atoms with E-state index >= 15 is 0 Å². The normalized spacial score (nSPS) is 19.1. The van der Waals surface area contributed by atoms with E-state index in [1.165, 1.54) is 17.0 Å². The lowest BCUT2D eigenvalue weighted by atomic mass is 9.94. The molecule has 0 bridgehead atoms. The highest BCUT2D eigenvalue weighted by Crippen LogP contribution is 2.37. The Labute approximate surface area is 139 Å². The highest BCUT2D eigenvalue weighted by molar-refractivity contribution is 5.77. The van der Waals surface area contributed by atoms with E-state index in [0.717, 1.165) is 0 Å². The van der Waals surface area contributed by atoms with Crippen LogP contribution in [0.1, 0.15) is 24.8 Å². The van der Waals surface area contributed by atoms with Crippen LogP contribution in [0.5, 0.6) is 0 Å². The Bertz CT molecular complexity index is 526. The van der Waals surface area contributed by atoms with Gasteiger partial charge in [0, 0.05) is 39.1 Å². The Morgan fingerprint density at radius 2 is 1.75 bits per heavy atom. The number of aliphatic hydroxyl groups is 1. The molecule has 0 aromatic heterocycles. The van der Waals surface area contributed by atoms with Crippen LogP contribution in [-0.4, -0.2) is 65.8 Å². The number of halogens is 3. The maximum absolute atomic E-state index is 13.3. The molecule has 0 unspecified atom stereocenters. The maximum atomic E-state index is 13.3. The van der Waals surface area contributed by atoms with E-state index in [0.29, 0.717) is 32.7 Å². The van der Waals surface area contributed by atoms with Gasteiger partial charge in [-0.2, -0.15) is 13.2 Å². The molecular formula is C17H23F3N2O2. The van der Waals surface area contributed by atoms with E-state index in [-0.39, 0.29) is 5.56 Å². The van der Waals surface area contributed by atoms with Crippen molar-refractivity contribution in [3.8, 4) is 0 Å². The lowest BCUT2D eigenvalue weighted by molar-refractivity contribution is -0.161. The molecule has 1 aromatic rings. The van der Waals surface area contributed by atoms with Crippen molar-refractivity contribution in [2.75, 3.05) is 32.7 Å². The SMILES string of the molecule is C[C@H](O)CN1CCN(C(=O)C[C@H](c2ccccc2)C(F)(F)F)CC1. The monoisotopic (exact) mass is 344 g/mol. The second kappa shape index (κ2) is 7.98. The van der Waals surface area contributed by atoms with Crippen molar-refractivity contribution in [2.24, 2.45) is 0 Å². The number of β-amino-alcohol motifs (C(OH)–C–C–N with tert-alkyl or cyclic N) is 1. The Kier molecular flexibility index (Phi) is 6.23. The van der Waals surface area contributed by atoms with Crippen LogP contribution in [-0.2, 0) is 4.79 Å². The summed E-state index contributed by atoms with van der Waals surface area (Å²) in [6.07, 6.45) is -5.48. The average Bonchev–Trinajstić information content (AvgIpc) is 2.52. The van der Waals surface area contributed by atoms with Crippen LogP contribution in [0.2, 0.25) is 0 Å². The summed E-state index contributed by atoms with van der Waals surface area (Å²) < 4.78 is 40.0. The molecule has 134 valence electrons. The number of hydrogen-bond donors (Lipinski definition) is 1. The van der Waals surface area contributed by atoms with E-state index < -0.39 is 30.5 Å². The number of hydrogen-bond acceptors (Lipinski definition) is 3. The van der Waals surface area contributed by atoms with Crippen molar-refractivity contribution >= 4 is 5.91 Å². The fourth-order valence-corrected chi connectivity index (χ4v) is 2.97. The fraction of sp³-hybridized carbons (Fsp3) is 0.588. The van der Waals surface area contributed by atoms with Gasteiger partial charge in [0.2, 0.25) is 5.91 Å². The summed E-state index contributed by atoms with van der Waals surface area (Å²) in [6, 6.07) is 7.57. The minimum absolute atomic E-state index is 0.117. The van der Waals surface area contributed by atoms with Crippen LogP contribution >= 0.6 is 0 Å². The molecule has 2 rings (SSSR count). The predicted octanol–water partition coefficient (Wildman–Crippen LogP) is 2.25. The number of carbonyl (C=O) groups is 1. The van der Waals surface area contributed by atoms with Gasteiger partial charge in [-0.05, 0) is 12.5 Å². The zero-order chi connectivity index (χ0) is 17.7. The van der Waals surface area contributed by atoms with Crippen LogP contribution in [0, 0.1) is 0 Å². The van der Waals surface area contributed by atoms with Gasteiger partial charge in [-0.1, -0.05) is 30.3 Å². The summed E-state index contributed by atoms with van der Waals surface area (Å²) in [5, 5.41) is 9.37. The first-order valence-corrected chi connectivity index (χ1v) is 8.07. The third-order valence-electron chi connectivity index (χ3n) is 4.22. The Balaban J connectivity index is 1.97. The van der Waals surface area contributed by atoms with E-state index in [1.807, 2.05) is 4.90 Å². The summed E-state index contributed by atoms with van der Waals surface area (Å²) in [5.74, 6) is -2.25. The molecule has 0 radical (unpaired) electrons. The molecule has 1 aromatic carbocycles. The van der Waals surface area contributed by atoms with Crippen LogP contribution in [0.15, 0.2) is 30.3 Å². The van der Waals surface area contributed by atoms with E-state index in [9.17, 15) is 23.1 Å². The minimum Gasteiger partial charge on any atom is -0.392 e. The number of aliphatic hydroxyl groups excluding tert-OH is 1. The van der Waals surface area contributed by atoms with Gasteiger partial charge < -0.3 is 10.0 Å². The van der Waals surface area contributed by atoms with Crippen molar-refractivity contribution in [3.05, 3.63) is 35.9 Å². The number of rotatable bonds is 5. The topological polar surface area (TPSA) is 43.8 Å². The maximum Gasteiger partial charge on any atom is 0.396 e. The van der Waals surface area contributed by atoms with E-state index in [4.69, 9.17) is 0 Å². The Morgan fingerprint density at radius 3 is 2.25 bits per heavy atom. The van der Waals surface area contributed by atoms with Gasteiger partial charge in [-0.3, -0.25) is 9.69 Å². The van der Waals surface area contributed by atoms with Gasteiger partial charge in [-0.25, -0.2) is 0 Å². The van der Waals surface area contributed by atoms with Crippen molar-refractivity contribution < 1.29 is 23.1 Å². The molecule has 1 N–H and O–H groups in total. The van der Waals surface area contributed by atoms with Crippen molar-refractivity contribution in [1.82, 2.24) is 9.80 Å². The lowest BCUT2D eigenvalue weighted by Crippen LogP contribution is -2.50. The molecule has 4 nitrogen and oxygen atoms in total. The minimum atomic E-state index is -4.45. The first kappa shape index (κ1) is 18.7. The Hall–Kier alpha value is -1.60. The molecule has 1 fully saturated rings. The first-order chi connectivity index (χ1) is 11.3. The smallest absolute Gasteiger partial charge is 0.392 e. The molecule has 0 saturated carbocycles. The molecular weight excluding hydrogens is 321 g/mol. The Morgan fingerprint density at radius 1 is 1.17 bits per heavy atom. The number of alkyl halides is 3. The standard InChI is InChI=1S/C17H23F3N2O2/c1-13(23)12-21-7-9-22(10-8-21)16(24)11-15(17(18,19)20)14-5-3-2-4-6-14/h2-6,13,15,23H,7-12H2,1H3/t13-,15+/m0/s1. The fourth-order valence-electron chi connectivity index (χ4n) is 2.97. The summed E-state index contributed by atoms with van der Waals surface area (Å²) in [7, 11) is 0. The van der Waals surface area contributed by atoms with Crippen molar-refractivity contribution in [2.45, 2.75) is 31.5 Å². The van der Waals surface area contributed by atoms with Gasteiger partial charge >= 0.3 is 6.18 Å². The van der Waals surface area contributed by atoms with E-state index in [1.54, 1.807) is 25.1 Å². The van der Waals surface area contributed by atoms with Crippen LogP contribution in [0.25, 0.3) is 0 Å². The van der Waals surface area contributed by atoms with Gasteiger partial charge in [0.25, 0.3) is 0 Å². The second-order valence-electron chi connectivity index (χ2n) is 6.24. The average molecular weight is 344 g/mol. The number of piperazine rings is 1. The third-order valence-corrected chi connectivity index (χ3v) is 4.22. The number of benzene rings is 1. The molecule has 2 atom stereocenters. The molecule has 1 saturated heterocycles. The van der Waals surface area contributed by atoms with Crippen LogP contribution < -0.4 is 0 Å². The first-order valence-electron chi connectivity index (χ1n) is 8.07. The number of nitrogens with zero attached hydrogens (tertiary/aromatic N) is 2.